The van der Waals surface area contributed by atoms with Gasteiger partial charge < -0.3 is 9.15 Å². The lowest BCUT2D eigenvalue weighted by molar-refractivity contribution is 0.0602. The van der Waals surface area contributed by atoms with Gasteiger partial charge in [-0.05, 0) is 12.1 Å². The molecule has 0 bridgehead atoms. The first-order valence-electron chi connectivity index (χ1n) is 4.38. The standard InChI is InChI=1S/C10H7NO5/c1-15-8(12)5-3-2-4-6-7(5)11-10(14)16-9(6)13/h2-4H,1H3,(H,11,14). The van der Waals surface area contributed by atoms with E-state index < -0.39 is 17.4 Å². The number of H-pyrrole nitrogens is 1. The number of aromatic nitrogens is 1. The van der Waals surface area contributed by atoms with Crippen molar-refractivity contribution >= 4 is 16.9 Å². The molecule has 0 saturated carbocycles. The van der Waals surface area contributed by atoms with Gasteiger partial charge in [-0.15, -0.1) is 0 Å². The van der Waals surface area contributed by atoms with E-state index in [-0.39, 0.29) is 16.5 Å². The number of carbonyl (C=O) groups is 1. The van der Waals surface area contributed by atoms with Crippen LogP contribution in [0.2, 0.25) is 0 Å². The third-order valence-electron chi connectivity index (χ3n) is 2.10. The molecule has 0 aliphatic heterocycles. The van der Waals surface area contributed by atoms with Crippen molar-refractivity contribution in [2.24, 2.45) is 0 Å². The molecule has 0 radical (unpaired) electrons. The Morgan fingerprint density at radius 3 is 2.81 bits per heavy atom. The number of fused-ring (bicyclic) bond motifs is 1. The van der Waals surface area contributed by atoms with Gasteiger partial charge >= 0.3 is 17.4 Å². The first-order valence-corrected chi connectivity index (χ1v) is 4.38. The Morgan fingerprint density at radius 2 is 2.12 bits per heavy atom. The van der Waals surface area contributed by atoms with Crippen LogP contribution in [0.4, 0.5) is 0 Å². The van der Waals surface area contributed by atoms with Gasteiger partial charge in [0.2, 0.25) is 0 Å². The van der Waals surface area contributed by atoms with E-state index in [9.17, 15) is 14.4 Å². The lowest BCUT2D eigenvalue weighted by Crippen LogP contribution is -2.16. The highest BCUT2D eigenvalue weighted by Crippen LogP contribution is 2.12. The smallest absolute Gasteiger partial charge is 0.419 e. The zero-order valence-electron chi connectivity index (χ0n) is 8.27. The second-order valence-electron chi connectivity index (χ2n) is 3.02. The number of methoxy groups -OCH3 is 1. The minimum absolute atomic E-state index is 0.116. The van der Waals surface area contributed by atoms with Crippen LogP contribution in [0.5, 0.6) is 0 Å². The number of carbonyl (C=O) groups excluding carboxylic acids is 1. The van der Waals surface area contributed by atoms with Crippen LogP contribution in [0.3, 0.4) is 0 Å². The highest BCUT2D eigenvalue weighted by atomic mass is 16.5. The molecule has 0 saturated heterocycles. The van der Waals surface area contributed by atoms with Gasteiger partial charge in [-0.3, -0.25) is 4.98 Å². The van der Waals surface area contributed by atoms with E-state index in [0.717, 1.165) is 0 Å². The van der Waals surface area contributed by atoms with Gasteiger partial charge in [-0.25, -0.2) is 14.4 Å². The first-order chi connectivity index (χ1) is 7.63. The molecule has 82 valence electrons. The van der Waals surface area contributed by atoms with Crippen LogP contribution in [0.15, 0.2) is 32.2 Å². The molecule has 0 spiro atoms. The number of esters is 1. The maximum absolute atomic E-state index is 11.4. The highest BCUT2D eigenvalue weighted by Gasteiger charge is 2.13. The largest absolute Gasteiger partial charge is 0.465 e. The Hall–Kier alpha value is -2.37. The van der Waals surface area contributed by atoms with Gasteiger partial charge in [0.05, 0.1) is 23.6 Å². The van der Waals surface area contributed by atoms with Gasteiger partial charge in [0, 0.05) is 0 Å². The van der Waals surface area contributed by atoms with Crippen LogP contribution in [-0.2, 0) is 4.74 Å². The highest BCUT2D eigenvalue weighted by molar-refractivity contribution is 6.02. The van der Waals surface area contributed by atoms with E-state index >= 15 is 0 Å². The Balaban J connectivity index is 2.92. The molecule has 0 aliphatic rings. The Kier molecular flexibility index (Phi) is 2.32. The number of benzene rings is 1. The molecule has 0 fully saturated rings. The molecule has 6 nitrogen and oxygen atoms in total. The molecule has 2 aromatic rings. The summed E-state index contributed by atoms with van der Waals surface area (Å²) >= 11 is 0. The molecule has 0 unspecified atom stereocenters. The molecule has 6 heteroatoms. The molecule has 1 aromatic heterocycles. The number of hydrogen-bond acceptors (Lipinski definition) is 5. The van der Waals surface area contributed by atoms with Crippen LogP contribution in [0.1, 0.15) is 10.4 Å². The summed E-state index contributed by atoms with van der Waals surface area (Å²) in [6.45, 7) is 0. The van der Waals surface area contributed by atoms with Gasteiger partial charge in [0.25, 0.3) is 0 Å². The fourth-order valence-electron chi connectivity index (χ4n) is 1.40. The second-order valence-corrected chi connectivity index (χ2v) is 3.02. The summed E-state index contributed by atoms with van der Waals surface area (Å²) in [5.74, 6) is -1.54. The van der Waals surface area contributed by atoms with Crippen LogP contribution >= 0.6 is 0 Å². The normalized spacial score (nSPS) is 10.3. The second kappa shape index (κ2) is 3.65. The first kappa shape index (κ1) is 10.2. The Labute approximate surface area is 88.5 Å². The monoisotopic (exact) mass is 221 g/mol. The minimum Gasteiger partial charge on any atom is -0.465 e. The SMILES string of the molecule is COC(=O)c1cccc2c(=O)oc(=O)[nH]c12. The van der Waals surface area contributed by atoms with Crippen LogP contribution < -0.4 is 11.4 Å². The molecule has 1 heterocycles. The van der Waals surface area contributed by atoms with E-state index in [1.54, 1.807) is 0 Å². The molecule has 2 rings (SSSR count). The molecular formula is C10H7NO5. The van der Waals surface area contributed by atoms with Gasteiger partial charge in [-0.2, -0.15) is 0 Å². The molecule has 1 aromatic carbocycles. The quantitative estimate of drug-likeness (QED) is 0.698. The number of ether oxygens (including phenoxy) is 1. The van der Waals surface area contributed by atoms with Crippen molar-refractivity contribution in [1.29, 1.82) is 0 Å². The Bertz CT molecular complexity index is 667. The number of nitrogens with one attached hydrogen (secondary N) is 1. The number of para-hydroxylation sites is 1. The fourth-order valence-corrected chi connectivity index (χ4v) is 1.40. The van der Waals surface area contributed by atoms with Crippen molar-refractivity contribution in [2.45, 2.75) is 0 Å². The number of hydrogen-bond donors (Lipinski definition) is 1. The van der Waals surface area contributed by atoms with Crippen LogP contribution in [-0.4, -0.2) is 18.1 Å². The Morgan fingerprint density at radius 1 is 1.38 bits per heavy atom. The average Bonchev–Trinajstić information content (AvgIpc) is 2.27. The molecular weight excluding hydrogens is 214 g/mol. The van der Waals surface area contributed by atoms with Crippen molar-refractivity contribution in [3.05, 3.63) is 44.7 Å². The average molecular weight is 221 g/mol. The summed E-state index contributed by atoms with van der Waals surface area (Å²) < 4.78 is 8.87. The molecule has 0 atom stereocenters. The minimum atomic E-state index is -0.908. The maximum atomic E-state index is 11.4. The summed E-state index contributed by atoms with van der Waals surface area (Å²) in [4.78, 5) is 36.0. The van der Waals surface area contributed by atoms with E-state index in [2.05, 4.69) is 14.1 Å². The summed E-state index contributed by atoms with van der Waals surface area (Å²) in [6.07, 6.45) is 0. The van der Waals surface area contributed by atoms with Crippen LogP contribution in [0, 0.1) is 0 Å². The van der Waals surface area contributed by atoms with E-state index in [0.29, 0.717) is 0 Å². The molecule has 0 amide bonds. The zero-order valence-corrected chi connectivity index (χ0v) is 8.27. The van der Waals surface area contributed by atoms with Gasteiger partial charge in [0.1, 0.15) is 0 Å². The number of aromatic amines is 1. The summed E-state index contributed by atoms with van der Waals surface area (Å²) in [7, 11) is 1.21. The predicted octanol–water partition coefficient (Wildman–Crippen LogP) is 0.268. The zero-order chi connectivity index (χ0) is 11.7. The maximum Gasteiger partial charge on any atom is 0.419 e. The lowest BCUT2D eigenvalue weighted by atomic mass is 10.1. The summed E-state index contributed by atoms with van der Waals surface area (Å²) in [5, 5.41) is 0.127. The van der Waals surface area contributed by atoms with Crippen molar-refractivity contribution in [2.75, 3.05) is 7.11 Å². The lowest BCUT2D eigenvalue weighted by Gasteiger charge is -2.02. The van der Waals surface area contributed by atoms with Gasteiger partial charge in [0.15, 0.2) is 0 Å². The van der Waals surface area contributed by atoms with Crippen molar-refractivity contribution in [3.63, 3.8) is 0 Å². The van der Waals surface area contributed by atoms with E-state index in [4.69, 9.17) is 0 Å². The third-order valence-corrected chi connectivity index (χ3v) is 2.10. The van der Waals surface area contributed by atoms with Crippen molar-refractivity contribution in [1.82, 2.24) is 4.98 Å². The topological polar surface area (TPSA) is 89.4 Å². The summed E-state index contributed by atoms with van der Waals surface area (Å²) in [6, 6.07) is 4.40. The predicted molar refractivity (Wildman–Crippen MR) is 54.4 cm³/mol. The molecule has 1 N–H and O–H groups in total. The molecule has 16 heavy (non-hydrogen) atoms. The fraction of sp³-hybridized carbons (Fsp3) is 0.100. The van der Waals surface area contributed by atoms with E-state index in [1.807, 2.05) is 0 Å². The third kappa shape index (κ3) is 1.50. The molecule has 0 aliphatic carbocycles. The summed E-state index contributed by atoms with van der Waals surface area (Å²) in [5.41, 5.74) is -0.551. The van der Waals surface area contributed by atoms with Crippen molar-refractivity contribution < 1.29 is 13.9 Å². The van der Waals surface area contributed by atoms with Crippen molar-refractivity contribution in [3.8, 4) is 0 Å². The van der Waals surface area contributed by atoms with Crippen LogP contribution in [0.25, 0.3) is 10.9 Å². The number of rotatable bonds is 1. The van der Waals surface area contributed by atoms with Gasteiger partial charge in [-0.1, -0.05) is 6.07 Å². The van der Waals surface area contributed by atoms with E-state index in [1.165, 1.54) is 25.3 Å².